The molecule has 2 N–H and O–H groups in total. The molecule has 9 heteroatoms. The zero-order chi connectivity index (χ0) is 22.7. The second kappa shape index (κ2) is 9.27. The van der Waals surface area contributed by atoms with E-state index in [1.165, 1.54) is 6.92 Å². The molecule has 2 aromatic carbocycles. The first-order valence-corrected chi connectivity index (χ1v) is 10.4. The lowest BCUT2D eigenvalue weighted by molar-refractivity contribution is -0.134. The van der Waals surface area contributed by atoms with Crippen LogP contribution in [0.3, 0.4) is 0 Å². The number of aliphatic hydroxyl groups is 1. The number of piperazine rings is 1. The number of ketones is 1. The normalized spacial score (nSPS) is 15.9. The van der Waals surface area contributed by atoms with Crippen LogP contribution in [0.15, 0.2) is 42.5 Å². The highest BCUT2D eigenvalue weighted by Crippen LogP contribution is 2.32. The van der Waals surface area contributed by atoms with E-state index >= 15 is 0 Å². The highest BCUT2D eigenvalue weighted by Gasteiger charge is 2.29. The summed E-state index contributed by atoms with van der Waals surface area (Å²) in [6.07, 6.45) is 0. The van der Waals surface area contributed by atoms with Gasteiger partial charge in [-0.2, -0.15) is 0 Å². The molecule has 1 unspecified atom stereocenters. The van der Waals surface area contributed by atoms with Gasteiger partial charge in [0.2, 0.25) is 12.7 Å². The summed E-state index contributed by atoms with van der Waals surface area (Å²) in [5.41, 5.74) is 1.96. The van der Waals surface area contributed by atoms with Crippen molar-refractivity contribution in [2.45, 2.75) is 13.0 Å². The third-order valence-electron chi connectivity index (χ3n) is 5.65. The first kappa shape index (κ1) is 21.6. The van der Waals surface area contributed by atoms with Gasteiger partial charge in [0.25, 0.3) is 5.91 Å². The summed E-state index contributed by atoms with van der Waals surface area (Å²) in [5, 5.41) is 12.3. The van der Waals surface area contributed by atoms with Crippen molar-refractivity contribution >= 4 is 23.3 Å². The van der Waals surface area contributed by atoms with Gasteiger partial charge in [-0.3, -0.25) is 14.4 Å². The largest absolute Gasteiger partial charge is 0.454 e. The summed E-state index contributed by atoms with van der Waals surface area (Å²) in [6.45, 7) is 3.28. The Balaban J connectivity index is 1.34. The zero-order valence-corrected chi connectivity index (χ0v) is 17.7. The Labute approximate surface area is 185 Å². The summed E-state index contributed by atoms with van der Waals surface area (Å²) in [6, 6.07) is 11.1. The number of fused-ring (bicyclic) bond motifs is 1. The van der Waals surface area contributed by atoms with E-state index < -0.39 is 18.6 Å². The van der Waals surface area contributed by atoms with Gasteiger partial charge >= 0.3 is 0 Å². The van der Waals surface area contributed by atoms with Crippen molar-refractivity contribution < 1.29 is 29.0 Å². The molecule has 2 amide bonds. The molecule has 2 aliphatic heterocycles. The minimum Gasteiger partial charge on any atom is -0.454 e. The van der Waals surface area contributed by atoms with Crippen LogP contribution in [0.4, 0.5) is 5.69 Å². The number of Topliss-reactive ketones (excluding diaryl/α,β-unsaturated/α-hetero) is 1. The molecule has 0 spiro atoms. The average Bonchev–Trinajstić information content (AvgIpc) is 3.30. The highest BCUT2D eigenvalue weighted by molar-refractivity contribution is 5.98. The van der Waals surface area contributed by atoms with Crippen molar-refractivity contribution in [1.29, 1.82) is 0 Å². The van der Waals surface area contributed by atoms with Crippen molar-refractivity contribution in [2.24, 2.45) is 0 Å². The quantitative estimate of drug-likeness (QED) is 0.648. The van der Waals surface area contributed by atoms with Crippen molar-refractivity contribution in [3.05, 3.63) is 53.6 Å². The molecule has 0 radical (unpaired) electrons. The Morgan fingerprint density at radius 1 is 0.969 bits per heavy atom. The van der Waals surface area contributed by atoms with E-state index in [0.29, 0.717) is 48.8 Å². The maximum absolute atomic E-state index is 12.9. The van der Waals surface area contributed by atoms with Crippen LogP contribution in [-0.4, -0.2) is 73.2 Å². The van der Waals surface area contributed by atoms with Crippen LogP contribution in [0.1, 0.15) is 27.6 Å². The molecular weight excluding hydrogens is 414 g/mol. The fraction of sp³-hybridized carbons (Fsp3) is 0.348. The predicted octanol–water partition coefficient (Wildman–Crippen LogP) is 1.06. The Morgan fingerprint density at radius 2 is 1.62 bits per heavy atom. The van der Waals surface area contributed by atoms with E-state index in [0.717, 1.165) is 5.69 Å². The fourth-order valence-electron chi connectivity index (χ4n) is 3.78. The number of carbonyl (C=O) groups excluding carboxylic acids is 3. The molecule has 2 heterocycles. The number of benzene rings is 2. The van der Waals surface area contributed by atoms with Gasteiger partial charge in [-0.05, 0) is 49.4 Å². The number of aliphatic hydroxyl groups excluding tert-OH is 1. The summed E-state index contributed by atoms with van der Waals surface area (Å²) < 4.78 is 10.5. The number of carbonyl (C=O) groups is 3. The molecule has 0 bridgehead atoms. The van der Waals surface area contributed by atoms with Crippen LogP contribution in [0.2, 0.25) is 0 Å². The number of hydrogen-bond acceptors (Lipinski definition) is 7. The second-order valence-electron chi connectivity index (χ2n) is 7.69. The second-order valence-corrected chi connectivity index (χ2v) is 7.69. The maximum atomic E-state index is 12.9. The van der Waals surface area contributed by atoms with Crippen LogP contribution in [0, 0.1) is 0 Å². The average molecular weight is 439 g/mol. The predicted molar refractivity (Wildman–Crippen MR) is 116 cm³/mol. The third-order valence-corrected chi connectivity index (χ3v) is 5.65. The van der Waals surface area contributed by atoms with Gasteiger partial charge in [-0.15, -0.1) is 0 Å². The minimum absolute atomic E-state index is 0.0183. The first-order chi connectivity index (χ1) is 15.5. The molecular formula is C23H25N3O6. The summed E-state index contributed by atoms with van der Waals surface area (Å²) in [4.78, 5) is 40.7. The van der Waals surface area contributed by atoms with Gasteiger partial charge in [-0.1, -0.05) is 0 Å². The van der Waals surface area contributed by atoms with Crippen LogP contribution in [0.25, 0.3) is 0 Å². The van der Waals surface area contributed by atoms with Crippen molar-refractivity contribution in [3.63, 3.8) is 0 Å². The topological polar surface area (TPSA) is 108 Å². The number of ether oxygens (including phenoxy) is 2. The van der Waals surface area contributed by atoms with E-state index in [1.807, 2.05) is 12.1 Å². The number of anilines is 1. The van der Waals surface area contributed by atoms with Crippen molar-refractivity contribution in [1.82, 2.24) is 10.2 Å². The highest BCUT2D eigenvalue weighted by atomic mass is 16.7. The monoisotopic (exact) mass is 439 g/mol. The van der Waals surface area contributed by atoms with Gasteiger partial charge < -0.3 is 29.7 Å². The smallest absolute Gasteiger partial charge is 0.252 e. The number of nitrogens with one attached hydrogen (secondary N) is 1. The van der Waals surface area contributed by atoms with Gasteiger partial charge in [0.15, 0.2) is 17.3 Å². The summed E-state index contributed by atoms with van der Waals surface area (Å²) in [7, 11) is 0. The number of hydrogen-bond donors (Lipinski definition) is 2. The van der Waals surface area contributed by atoms with Crippen LogP contribution in [-0.2, 0) is 4.79 Å². The molecule has 9 nitrogen and oxygen atoms in total. The van der Waals surface area contributed by atoms with E-state index in [4.69, 9.17) is 9.47 Å². The SMILES string of the molecule is CC(=O)c1ccc(N2CCN(C(=O)C(CO)NC(=O)c3ccc4c(c3)OCO4)CC2)cc1. The molecule has 1 atom stereocenters. The van der Waals surface area contributed by atoms with Gasteiger partial charge in [-0.25, -0.2) is 0 Å². The van der Waals surface area contributed by atoms with Crippen LogP contribution >= 0.6 is 0 Å². The molecule has 1 fully saturated rings. The van der Waals surface area contributed by atoms with Crippen LogP contribution < -0.4 is 19.7 Å². The summed E-state index contributed by atoms with van der Waals surface area (Å²) in [5.74, 6) is 0.250. The molecule has 2 aromatic rings. The lowest BCUT2D eigenvalue weighted by Crippen LogP contribution is -2.56. The molecule has 168 valence electrons. The molecule has 4 rings (SSSR count). The Hall–Kier alpha value is -3.59. The lowest BCUT2D eigenvalue weighted by atomic mass is 10.1. The maximum Gasteiger partial charge on any atom is 0.252 e. The number of rotatable bonds is 6. The van der Waals surface area contributed by atoms with Gasteiger partial charge in [0.05, 0.1) is 6.61 Å². The first-order valence-electron chi connectivity index (χ1n) is 10.4. The van der Waals surface area contributed by atoms with E-state index in [1.54, 1.807) is 35.2 Å². The molecule has 0 aliphatic carbocycles. The van der Waals surface area contributed by atoms with E-state index in [-0.39, 0.29) is 18.5 Å². The van der Waals surface area contributed by atoms with Gasteiger partial charge in [0, 0.05) is 43.0 Å². The van der Waals surface area contributed by atoms with Gasteiger partial charge in [0.1, 0.15) is 6.04 Å². The van der Waals surface area contributed by atoms with Crippen molar-refractivity contribution in [3.8, 4) is 11.5 Å². The molecule has 1 saturated heterocycles. The summed E-state index contributed by atoms with van der Waals surface area (Å²) >= 11 is 0. The van der Waals surface area contributed by atoms with Crippen molar-refractivity contribution in [2.75, 3.05) is 44.5 Å². The standard InChI is InChI=1S/C23H25N3O6/c1-15(28)16-2-5-18(6-3-16)25-8-10-26(11-9-25)23(30)19(13-27)24-22(29)17-4-7-20-21(12-17)32-14-31-20/h2-7,12,19,27H,8-11,13-14H2,1H3,(H,24,29). The van der Waals surface area contributed by atoms with E-state index in [2.05, 4.69) is 10.2 Å². The third kappa shape index (κ3) is 4.52. The zero-order valence-electron chi connectivity index (χ0n) is 17.7. The Bertz CT molecular complexity index is 1010. The molecule has 0 saturated carbocycles. The lowest BCUT2D eigenvalue weighted by Gasteiger charge is -2.37. The fourth-order valence-corrected chi connectivity index (χ4v) is 3.78. The minimum atomic E-state index is -1.03. The molecule has 0 aromatic heterocycles. The Morgan fingerprint density at radius 3 is 2.28 bits per heavy atom. The van der Waals surface area contributed by atoms with E-state index in [9.17, 15) is 19.5 Å². The molecule has 2 aliphatic rings. The molecule has 32 heavy (non-hydrogen) atoms. The number of amides is 2. The Kier molecular flexibility index (Phi) is 6.27. The number of nitrogens with zero attached hydrogens (tertiary/aromatic N) is 2. The van der Waals surface area contributed by atoms with Crippen LogP contribution in [0.5, 0.6) is 11.5 Å².